The lowest BCUT2D eigenvalue weighted by atomic mass is 10.1. The Morgan fingerprint density at radius 3 is 2.58 bits per heavy atom. The molecule has 98 valence electrons. The summed E-state index contributed by atoms with van der Waals surface area (Å²) in [6.45, 7) is 1.70. The maximum Gasteiger partial charge on any atom is 0.257 e. The molecule has 4 nitrogen and oxygen atoms in total. The van der Waals surface area contributed by atoms with E-state index in [-0.39, 0.29) is 5.91 Å². The lowest BCUT2D eigenvalue weighted by Crippen LogP contribution is -2.12. The third-order valence-corrected chi connectivity index (χ3v) is 3.05. The number of nitrogens with one attached hydrogen (secondary N) is 1. The third kappa shape index (κ3) is 3.62. The molecule has 0 aliphatic carbocycles. The molecule has 2 N–H and O–H groups in total. The van der Waals surface area contributed by atoms with E-state index in [1.165, 1.54) is 6.20 Å². The van der Waals surface area contributed by atoms with Crippen molar-refractivity contribution in [2.45, 2.75) is 13.0 Å². The molecule has 1 atom stereocenters. The van der Waals surface area contributed by atoms with Gasteiger partial charge in [-0.25, -0.2) is 0 Å². The number of halogens is 1. The molecule has 0 aliphatic heterocycles. The number of aliphatic hydroxyl groups is 1. The van der Waals surface area contributed by atoms with Crippen LogP contribution in [0.4, 0.5) is 5.69 Å². The number of aromatic nitrogens is 1. The van der Waals surface area contributed by atoms with Crippen molar-refractivity contribution in [3.63, 3.8) is 0 Å². The topological polar surface area (TPSA) is 62.2 Å². The van der Waals surface area contributed by atoms with Gasteiger partial charge < -0.3 is 10.4 Å². The van der Waals surface area contributed by atoms with E-state index in [1.807, 2.05) is 0 Å². The fourth-order valence-electron chi connectivity index (χ4n) is 1.58. The summed E-state index contributed by atoms with van der Waals surface area (Å²) >= 11 is 3.27. The van der Waals surface area contributed by atoms with Crippen LogP contribution in [0.1, 0.15) is 28.9 Å². The number of anilines is 1. The fraction of sp³-hybridized carbons (Fsp3) is 0.143. The molecule has 0 aliphatic rings. The van der Waals surface area contributed by atoms with Gasteiger partial charge in [-0.05, 0) is 46.6 Å². The molecule has 0 saturated heterocycles. The van der Waals surface area contributed by atoms with Crippen molar-refractivity contribution < 1.29 is 9.90 Å². The molecular formula is C14H13BrN2O2. The van der Waals surface area contributed by atoms with Crippen molar-refractivity contribution >= 4 is 27.5 Å². The monoisotopic (exact) mass is 320 g/mol. The number of carbonyl (C=O) groups is 1. The van der Waals surface area contributed by atoms with E-state index in [2.05, 4.69) is 26.2 Å². The first-order valence-corrected chi connectivity index (χ1v) is 6.55. The minimum absolute atomic E-state index is 0.224. The molecule has 0 fully saturated rings. The number of rotatable bonds is 3. The van der Waals surface area contributed by atoms with Gasteiger partial charge in [0.15, 0.2) is 0 Å². The largest absolute Gasteiger partial charge is 0.389 e. The van der Waals surface area contributed by atoms with Crippen LogP contribution in [0.5, 0.6) is 0 Å². The van der Waals surface area contributed by atoms with Crippen LogP contribution in [-0.4, -0.2) is 16.0 Å². The number of carbonyl (C=O) groups excluding carboxylic acids is 1. The average Bonchev–Trinajstić information content (AvgIpc) is 2.39. The van der Waals surface area contributed by atoms with Crippen molar-refractivity contribution in [3.8, 4) is 0 Å². The standard InChI is InChI=1S/C14H13BrN2O2/c1-9(18)10-2-4-13(5-3-10)17-14(19)11-6-12(15)8-16-7-11/h2-9,18H,1H3,(H,17,19). The van der Waals surface area contributed by atoms with Gasteiger partial charge in [-0.15, -0.1) is 0 Å². The molecule has 0 bridgehead atoms. The molecule has 0 spiro atoms. The van der Waals surface area contributed by atoms with E-state index in [1.54, 1.807) is 43.5 Å². The smallest absolute Gasteiger partial charge is 0.257 e. The molecule has 1 unspecified atom stereocenters. The maximum absolute atomic E-state index is 12.0. The number of amides is 1. The quantitative estimate of drug-likeness (QED) is 0.913. The van der Waals surface area contributed by atoms with Crippen LogP contribution < -0.4 is 5.32 Å². The number of pyridine rings is 1. The van der Waals surface area contributed by atoms with Gasteiger partial charge in [-0.3, -0.25) is 9.78 Å². The second-order valence-electron chi connectivity index (χ2n) is 4.14. The summed E-state index contributed by atoms with van der Waals surface area (Å²) in [5.74, 6) is -0.224. The summed E-state index contributed by atoms with van der Waals surface area (Å²) in [5, 5.41) is 12.2. The van der Waals surface area contributed by atoms with Crippen molar-refractivity contribution in [1.29, 1.82) is 0 Å². The summed E-state index contributed by atoms with van der Waals surface area (Å²) in [7, 11) is 0. The first-order valence-electron chi connectivity index (χ1n) is 5.76. The second kappa shape index (κ2) is 5.95. The van der Waals surface area contributed by atoms with Crippen LogP contribution in [0, 0.1) is 0 Å². The molecule has 1 amide bonds. The number of hydrogen-bond donors (Lipinski definition) is 2. The highest BCUT2D eigenvalue weighted by atomic mass is 79.9. The molecule has 0 radical (unpaired) electrons. The molecular weight excluding hydrogens is 308 g/mol. The molecule has 2 rings (SSSR count). The first-order chi connectivity index (χ1) is 9.06. The Kier molecular flexibility index (Phi) is 4.29. The van der Waals surface area contributed by atoms with Crippen LogP contribution >= 0.6 is 15.9 Å². The summed E-state index contributed by atoms with van der Waals surface area (Å²) in [5.41, 5.74) is 1.96. The zero-order chi connectivity index (χ0) is 13.8. The van der Waals surface area contributed by atoms with Crippen LogP contribution in [0.15, 0.2) is 47.2 Å². The van der Waals surface area contributed by atoms with Crippen LogP contribution in [0.2, 0.25) is 0 Å². The predicted octanol–water partition coefficient (Wildman–Crippen LogP) is 3.15. The number of aliphatic hydroxyl groups excluding tert-OH is 1. The van der Waals surface area contributed by atoms with Crippen molar-refractivity contribution in [2.24, 2.45) is 0 Å². The summed E-state index contributed by atoms with van der Waals surface area (Å²) in [6.07, 6.45) is 2.61. The van der Waals surface area contributed by atoms with E-state index in [0.29, 0.717) is 11.3 Å². The minimum Gasteiger partial charge on any atom is -0.389 e. The molecule has 1 aromatic heterocycles. The van der Waals surface area contributed by atoms with Gasteiger partial charge >= 0.3 is 0 Å². The van der Waals surface area contributed by atoms with E-state index in [0.717, 1.165) is 10.0 Å². The molecule has 5 heteroatoms. The minimum atomic E-state index is -0.515. The Morgan fingerprint density at radius 2 is 2.00 bits per heavy atom. The van der Waals surface area contributed by atoms with Gasteiger partial charge in [0.1, 0.15) is 0 Å². The van der Waals surface area contributed by atoms with Gasteiger partial charge in [0, 0.05) is 22.6 Å². The lowest BCUT2D eigenvalue weighted by Gasteiger charge is -2.08. The van der Waals surface area contributed by atoms with Gasteiger partial charge in [0.25, 0.3) is 5.91 Å². The molecule has 19 heavy (non-hydrogen) atoms. The molecule has 2 aromatic rings. The number of hydrogen-bond acceptors (Lipinski definition) is 3. The summed E-state index contributed by atoms with van der Waals surface area (Å²) < 4.78 is 0.754. The zero-order valence-electron chi connectivity index (χ0n) is 10.3. The van der Waals surface area contributed by atoms with Crippen LogP contribution in [-0.2, 0) is 0 Å². The normalized spacial score (nSPS) is 11.9. The van der Waals surface area contributed by atoms with Gasteiger partial charge in [-0.2, -0.15) is 0 Å². The Morgan fingerprint density at radius 1 is 1.32 bits per heavy atom. The third-order valence-electron chi connectivity index (χ3n) is 2.62. The maximum atomic E-state index is 12.0. The van der Waals surface area contributed by atoms with Crippen molar-refractivity contribution in [1.82, 2.24) is 4.98 Å². The second-order valence-corrected chi connectivity index (χ2v) is 5.06. The zero-order valence-corrected chi connectivity index (χ0v) is 11.9. The highest BCUT2D eigenvalue weighted by molar-refractivity contribution is 9.10. The van der Waals surface area contributed by atoms with Crippen LogP contribution in [0.3, 0.4) is 0 Å². The van der Waals surface area contributed by atoms with Gasteiger partial charge in [0.05, 0.1) is 11.7 Å². The van der Waals surface area contributed by atoms with Crippen molar-refractivity contribution in [3.05, 3.63) is 58.3 Å². The molecule has 1 heterocycles. The average molecular weight is 321 g/mol. The van der Waals surface area contributed by atoms with Crippen LogP contribution in [0.25, 0.3) is 0 Å². The number of benzene rings is 1. The molecule has 0 saturated carbocycles. The summed E-state index contributed by atoms with van der Waals surface area (Å²) in [6, 6.07) is 8.77. The van der Waals surface area contributed by atoms with E-state index in [4.69, 9.17) is 0 Å². The van der Waals surface area contributed by atoms with Gasteiger partial charge in [0.2, 0.25) is 0 Å². The molecule has 1 aromatic carbocycles. The predicted molar refractivity (Wildman–Crippen MR) is 77.0 cm³/mol. The lowest BCUT2D eigenvalue weighted by molar-refractivity contribution is 0.102. The Balaban J connectivity index is 2.10. The number of nitrogens with zero attached hydrogens (tertiary/aromatic N) is 1. The summed E-state index contributed by atoms with van der Waals surface area (Å²) in [4.78, 5) is 15.9. The van der Waals surface area contributed by atoms with E-state index in [9.17, 15) is 9.90 Å². The Labute approximate surface area is 119 Å². The van der Waals surface area contributed by atoms with Crippen molar-refractivity contribution in [2.75, 3.05) is 5.32 Å². The highest BCUT2D eigenvalue weighted by Crippen LogP contribution is 2.17. The van der Waals surface area contributed by atoms with E-state index >= 15 is 0 Å². The SMILES string of the molecule is CC(O)c1ccc(NC(=O)c2cncc(Br)c2)cc1. The first kappa shape index (κ1) is 13.7. The highest BCUT2D eigenvalue weighted by Gasteiger charge is 2.07. The van der Waals surface area contributed by atoms with Gasteiger partial charge in [-0.1, -0.05) is 12.1 Å². The Bertz CT molecular complexity index is 582. The Hall–Kier alpha value is -1.72. The van der Waals surface area contributed by atoms with E-state index < -0.39 is 6.10 Å². The fourth-order valence-corrected chi connectivity index (χ4v) is 1.95.